The summed E-state index contributed by atoms with van der Waals surface area (Å²) in [6.07, 6.45) is 2.81. The molecule has 1 atom stereocenters. The first-order valence-corrected chi connectivity index (χ1v) is 8.76. The highest BCUT2D eigenvalue weighted by molar-refractivity contribution is 6.30. The summed E-state index contributed by atoms with van der Waals surface area (Å²) in [7, 11) is 0. The van der Waals surface area contributed by atoms with Crippen LogP contribution in [0.15, 0.2) is 30.3 Å². The molecule has 2 aromatic carbocycles. The fraction of sp³-hybridized carbons (Fsp3) is 0.400. The van der Waals surface area contributed by atoms with Crippen molar-refractivity contribution >= 4 is 11.6 Å². The molecule has 0 aromatic heterocycles. The summed E-state index contributed by atoms with van der Waals surface area (Å²) in [4.78, 5) is 0. The molecule has 126 valence electrons. The third kappa shape index (κ3) is 2.71. The summed E-state index contributed by atoms with van der Waals surface area (Å²) in [6, 6.07) is 9.45. The van der Waals surface area contributed by atoms with E-state index in [1.54, 1.807) is 6.07 Å². The number of aromatic hydroxyl groups is 1. The van der Waals surface area contributed by atoms with Gasteiger partial charge >= 0.3 is 0 Å². The monoisotopic (exact) mass is 344 g/mol. The molecule has 0 bridgehead atoms. The Morgan fingerprint density at radius 3 is 2.83 bits per heavy atom. The number of phenols is 1. The second kappa shape index (κ2) is 5.59. The molecular formula is C20H21ClO3. The maximum atomic E-state index is 10.2. The van der Waals surface area contributed by atoms with Crippen LogP contribution in [0.25, 0.3) is 0 Å². The Hall–Kier alpha value is -1.87. The highest BCUT2D eigenvalue weighted by atomic mass is 35.5. The molecule has 4 rings (SSSR count). The van der Waals surface area contributed by atoms with Gasteiger partial charge in [-0.05, 0) is 56.9 Å². The third-order valence-corrected chi connectivity index (χ3v) is 5.22. The number of benzene rings is 2. The van der Waals surface area contributed by atoms with E-state index in [0.29, 0.717) is 11.6 Å². The van der Waals surface area contributed by atoms with Crippen molar-refractivity contribution in [3.8, 4) is 17.2 Å². The molecule has 4 heteroatoms. The predicted molar refractivity (Wildman–Crippen MR) is 94.5 cm³/mol. The van der Waals surface area contributed by atoms with Gasteiger partial charge in [-0.3, -0.25) is 0 Å². The Labute approximate surface area is 147 Å². The van der Waals surface area contributed by atoms with Gasteiger partial charge in [-0.25, -0.2) is 0 Å². The number of fused-ring (bicyclic) bond motifs is 3. The minimum atomic E-state index is -0.118. The zero-order chi connectivity index (χ0) is 16.9. The SMILES string of the molecule is CC1(C)CCc2c(ccc3c2OCC(c2ccc(Cl)cc2O)C3)O1. The van der Waals surface area contributed by atoms with Crippen LogP contribution in [0.3, 0.4) is 0 Å². The Balaban J connectivity index is 1.65. The van der Waals surface area contributed by atoms with Gasteiger partial charge in [-0.2, -0.15) is 0 Å². The molecule has 0 saturated carbocycles. The van der Waals surface area contributed by atoms with Crippen molar-refractivity contribution in [3.63, 3.8) is 0 Å². The molecule has 2 aliphatic rings. The summed E-state index contributed by atoms with van der Waals surface area (Å²) in [5, 5.41) is 10.7. The van der Waals surface area contributed by atoms with Crippen LogP contribution in [-0.2, 0) is 12.8 Å². The van der Waals surface area contributed by atoms with Gasteiger partial charge < -0.3 is 14.6 Å². The molecule has 2 aliphatic heterocycles. The van der Waals surface area contributed by atoms with Gasteiger partial charge in [-0.1, -0.05) is 23.7 Å². The molecule has 0 radical (unpaired) electrons. The molecule has 0 aliphatic carbocycles. The van der Waals surface area contributed by atoms with E-state index in [2.05, 4.69) is 26.0 Å². The fourth-order valence-electron chi connectivity index (χ4n) is 3.68. The average Bonchev–Trinajstić information content (AvgIpc) is 2.53. The normalized spacial score (nSPS) is 21.2. The van der Waals surface area contributed by atoms with E-state index in [4.69, 9.17) is 21.1 Å². The molecule has 2 aromatic rings. The first kappa shape index (κ1) is 15.6. The molecular weight excluding hydrogens is 324 g/mol. The second-order valence-corrected chi connectivity index (χ2v) is 7.74. The zero-order valence-corrected chi connectivity index (χ0v) is 14.7. The lowest BCUT2D eigenvalue weighted by molar-refractivity contribution is 0.0826. The zero-order valence-electron chi connectivity index (χ0n) is 13.9. The van der Waals surface area contributed by atoms with Crippen molar-refractivity contribution in [2.24, 2.45) is 0 Å². The quantitative estimate of drug-likeness (QED) is 0.802. The van der Waals surface area contributed by atoms with Crippen molar-refractivity contribution in [1.82, 2.24) is 0 Å². The topological polar surface area (TPSA) is 38.7 Å². The van der Waals surface area contributed by atoms with Crippen molar-refractivity contribution in [3.05, 3.63) is 52.0 Å². The van der Waals surface area contributed by atoms with Gasteiger partial charge in [0.25, 0.3) is 0 Å². The van der Waals surface area contributed by atoms with Crippen LogP contribution < -0.4 is 9.47 Å². The Morgan fingerprint density at radius 1 is 1.21 bits per heavy atom. The second-order valence-electron chi connectivity index (χ2n) is 7.31. The Morgan fingerprint density at radius 2 is 2.04 bits per heavy atom. The van der Waals surface area contributed by atoms with Crippen LogP contribution in [-0.4, -0.2) is 17.3 Å². The number of hydrogen-bond donors (Lipinski definition) is 1. The van der Waals surface area contributed by atoms with E-state index >= 15 is 0 Å². The molecule has 1 N–H and O–H groups in total. The van der Waals surface area contributed by atoms with E-state index < -0.39 is 0 Å². The number of phenolic OH excluding ortho intramolecular Hbond substituents is 1. The average molecular weight is 345 g/mol. The third-order valence-electron chi connectivity index (χ3n) is 4.99. The maximum absolute atomic E-state index is 10.2. The van der Waals surface area contributed by atoms with E-state index in [1.165, 1.54) is 11.1 Å². The van der Waals surface area contributed by atoms with E-state index in [9.17, 15) is 5.11 Å². The van der Waals surface area contributed by atoms with Crippen LogP contribution in [0.2, 0.25) is 5.02 Å². The number of rotatable bonds is 1. The van der Waals surface area contributed by atoms with E-state index in [0.717, 1.165) is 36.3 Å². The smallest absolute Gasteiger partial charge is 0.129 e. The molecule has 24 heavy (non-hydrogen) atoms. The summed E-state index contributed by atoms with van der Waals surface area (Å²) in [5.41, 5.74) is 3.14. The van der Waals surface area contributed by atoms with E-state index in [-0.39, 0.29) is 17.3 Å². The summed E-state index contributed by atoms with van der Waals surface area (Å²) in [5.74, 6) is 2.29. The van der Waals surface area contributed by atoms with Gasteiger partial charge in [0.2, 0.25) is 0 Å². The molecule has 0 spiro atoms. The fourth-order valence-corrected chi connectivity index (χ4v) is 3.84. The van der Waals surface area contributed by atoms with Crippen molar-refractivity contribution in [2.75, 3.05) is 6.61 Å². The number of ether oxygens (including phenoxy) is 2. The van der Waals surface area contributed by atoms with Gasteiger partial charge in [0, 0.05) is 22.1 Å². The maximum Gasteiger partial charge on any atom is 0.129 e. The van der Waals surface area contributed by atoms with Gasteiger partial charge in [0.15, 0.2) is 0 Å². The van der Waals surface area contributed by atoms with Crippen LogP contribution in [0, 0.1) is 0 Å². The summed E-state index contributed by atoms with van der Waals surface area (Å²) in [6.45, 7) is 4.80. The van der Waals surface area contributed by atoms with Crippen molar-refractivity contribution < 1.29 is 14.6 Å². The molecule has 0 saturated heterocycles. The number of halogens is 1. The van der Waals surface area contributed by atoms with Crippen LogP contribution in [0.4, 0.5) is 0 Å². The predicted octanol–water partition coefficient (Wildman–Crippen LogP) is 4.87. The molecule has 0 fully saturated rings. The first-order chi connectivity index (χ1) is 11.4. The summed E-state index contributed by atoms with van der Waals surface area (Å²) < 4.78 is 12.2. The highest BCUT2D eigenvalue weighted by Gasteiger charge is 2.32. The van der Waals surface area contributed by atoms with Gasteiger partial charge in [-0.15, -0.1) is 0 Å². The Kier molecular flexibility index (Phi) is 3.65. The minimum Gasteiger partial charge on any atom is -0.508 e. The van der Waals surface area contributed by atoms with Crippen LogP contribution in [0.1, 0.15) is 42.9 Å². The van der Waals surface area contributed by atoms with E-state index in [1.807, 2.05) is 12.1 Å². The lowest BCUT2D eigenvalue weighted by Crippen LogP contribution is -2.33. The van der Waals surface area contributed by atoms with Gasteiger partial charge in [0.1, 0.15) is 22.8 Å². The molecule has 2 heterocycles. The first-order valence-electron chi connectivity index (χ1n) is 8.38. The van der Waals surface area contributed by atoms with Gasteiger partial charge in [0.05, 0.1) is 6.61 Å². The molecule has 1 unspecified atom stereocenters. The highest BCUT2D eigenvalue weighted by Crippen LogP contribution is 2.44. The Bertz CT molecular complexity index is 798. The van der Waals surface area contributed by atoms with Crippen LogP contribution in [0.5, 0.6) is 17.2 Å². The lowest BCUT2D eigenvalue weighted by atomic mass is 9.86. The minimum absolute atomic E-state index is 0.118. The summed E-state index contributed by atoms with van der Waals surface area (Å²) >= 11 is 5.93. The van der Waals surface area contributed by atoms with Crippen molar-refractivity contribution in [2.45, 2.75) is 44.6 Å². The largest absolute Gasteiger partial charge is 0.508 e. The molecule has 3 nitrogen and oxygen atoms in total. The molecule has 0 amide bonds. The standard InChI is InChI=1S/C20H21ClO3/c1-20(2)8-7-16-18(24-20)6-3-12-9-13(11-23-19(12)16)15-5-4-14(21)10-17(15)22/h3-6,10,13,22H,7-9,11H2,1-2H3. The lowest BCUT2D eigenvalue weighted by Gasteiger charge is -2.35. The number of hydrogen-bond acceptors (Lipinski definition) is 3. The van der Waals surface area contributed by atoms with Crippen molar-refractivity contribution in [1.29, 1.82) is 0 Å². The van der Waals surface area contributed by atoms with Crippen LogP contribution >= 0.6 is 11.6 Å².